The minimum Gasteiger partial charge on any atom is -0.404 e. The summed E-state index contributed by atoms with van der Waals surface area (Å²) in [7, 11) is 0. The minimum absolute atomic E-state index is 0.660. The third-order valence-corrected chi connectivity index (χ3v) is 2.36. The van der Waals surface area contributed by atoms with Crippen LogP contribution in [-0.4, -0.2) is 6.21 Å². The molecule has 0 amide bonds. The zero-order valence-corrected chi connectivity index (χ0v) is 8.06. The van der Waals surface area contributed by atoms with Gasteiger partial charge in [0.15, 0.2) is 0 Å². The SMILES string of the molecule is NC=C(C=Nc1ccccc1)C1CC1. The van der Waals surface area contributed by atoms with Crippen LogP contribution in [0.25, 0.3) is 0 Å². The van der Waals surface area contributed by atoms with Gasteiger partial charge in [-0.2, -0.15) is 0 Å². The number of nitrogens with two attached hydrogens (primary N) is 1. The van der Waals surface area contributed by atoms with Crippen LogP contribution in [0.4, 0.5) is 5.69 Å². The lowest BCUT2D eigenvalue weighted by molar-refractivity contribution is 1.07. The fourth-order valence-corrected chi connectivity index (χ4v) is 1.36. The highest BCUT2D eigenvalue weighted by atomic mass is 14.7. The maximum Gasteiger partial charge on any atom is 0.0629 e. The summed E-state index contributed by atoms with van der Waals surface area (Å²) in [6.07, 6.45) is 6.06. The summed E-state index contributed by atoms with van der Waals surface area (Å²) in [6.45, 7) is 0. The fourth-order valence-electron chi connectivity index (χ4n) is 1.36. The van der Waals surface area contributed by atoms with Crippen molar-refractivity contribution >= 4 is 11.9 Å². The molecule has 1 saturated carbocycles. The second-order valence-corrected chi connectivity index (χ2v) is 3.53. The highest BCUT2D eigenvalue weighted by Gasteiger charge is 2.24. The molecule has 0 spiro atoms. The number of hydrogen-bond donors (Lipinski definition) is 1. The Labute approximate surface area is 84.2 Å². The van der Waals surface area contributed by atoms with Gasteiger partial charge in [-0.15, -0.1) is 0 Å². The molecule has 2 nitrogen and oxygen atoms in total. The largest absolute Gasteiger partial charge is 0.404 e. The molecule has 1 aliphatic rings. The Hall–Kier alpha value is -1.57. The van der Waals surface area contributed by atoms with Crippen LogP contribution in [0, 0.1) is 5.92 Å². The fraction of sp³-hybridized carbons (Fsp3) is 0.250. The highest BCUT2D eigenvalue weighted by Crippen LogP contribution is 2.35. The molecule has 0 saturated heterocycles. The maximum absolute atomic E-state index is 5.52. The molecule has 1 aromatic rings. The van der Waals surface area contributed by atoms with Gasteiger partial charge < -0.3 is 5.73 Å². The van der Waals surface area contributed by atoms with Crippen LogP contribution < -0.4 is 5.73 Å². The number of benzene rings is 1. The first-order chi connectivity index (χ1) is 6.90. The Morgan fingerprint density at radius 3 is 2.57 bits per heavy atom. The molecule has 2 rings (SSSR count). The number of aliphatic imine (C=N–C) groups is 1. The number of hydrogen-bond acceptors (Lipinski definition) is 2. The van der Waals surface area contributed by atoms with Gasteiger partial charge >= 0.3 is 0 Å². The van der Waals surface area contributed by atoms with Crippen LogP contribution in [0.15, 0.2) is 47.1 Å². The lowest BCUT2D eigenvalue weighted by Crippen LogP contribution is -1.92. The van der Waals surface area contributed by atoms with E-state index in [1.807, 2.05) is 36.5 Å². The lowest BCUT2D eigenvalue weighted by Gasteiger charge is -1.95. The second kappa shape index (κ2) is 4.09. The number of allylic oxidation sites excluding steroid dienone is 1. The second-order valence-electron chi connectivity index (χ2n) is 3.53. The summed E-state index contributed by atoms with van der Waals surface area (Å²) >= 11 is 0. The van der Waals surface area contributed by atoms with Gasteiger partial charge in [0.1, 0.15) is 0 Å². The molecule has 0 heterocycles. The third kappa shape index (κ3) is 2.22. The molecular weight excluding hydrogens is 172 g/mol. The van der Waals surface area contributed by atoms with E-state index < -0.39 is 0 Å². The van der Waals surface area contributed by atoms with Gasteiger partial charge in [-0.05, 0) is 42.7 Å². The summed E-state index contributed by atoms with van der Waals surface area (Å²) in [5, 5.41) is 0. The summed E-state index contributed by atoms with van der Waals surface area (Å²) in [6, 6.07) is 9.92. The average molecular weight is 186 g/mol. The Morgan fingerprint density at radius 2 is 2.00 bits per heavy atom. The van der Waals surface area contributed by atoms with E-state index in [1.165, 1.54) is 12.8 Å². The topological polar surface area (TPSA) is 38.4 Å². The quantitative estimate of drug-likeness (QED) is 0.724. The van der Waals surface area contributed by atoms with Crippen LogP contribution in [0.2, 0.25) is 0 Å². The van der Waals surface area contributed by atoms with Crippen molar-refractivity contribution in [2.24, 2.45) is 16.6 Å². The van der Waals surface area contributed by atoms with Crippen LogP contribution in [0.3, 0.4) is 0 Å². The van der Waals surface area contributed by atoms with Crippen LogP contribution >= 0.6 is 0 Å². The molecule has 1 aliphatic carbocycles. The van der Waals surface area contributed by atoms with Crippen molar-refractivity contribution in [3.8, 4) is 0 Å². The molecule has 1 fully saturated rings. The maximum atomic E-state index is 5.52. The molecule has 14 heavy (non-hydrogen) atoms. The Kier molecular flexibility index (Phi) is 2.63. The Bertz CT molecular complexity index is 348. The molecule has 0 aromatic heterocycles. The van der Waals surface area contributed by atoms with Crippen LogP contribution in [0.5, 0.6) is 0 Å². The third-order valence-electron chi connectivity index (χ3n) is 2.36. The van der Waals surface area contributed by atoms with E-state index in [9.17, 15) is 0 Å². The molecule has 2 heteroatoms. The average Bonchev–Trinajstić information content (AvgIpc) is 3.05. The van der Waals surface area contributed by atoms with E-state index in [4.69, 9.17) is 5.73 Å². The van der Waals surface area contributed by atoms with Gasteiger partial charge in [0.25, 0.3) is 0 Å². The van der Waals surface area contributed by atoms with Gasteiger partial charge in [-0.1, -0.05) is 18.2 Å². The van der Waals surface area contributed by atoms with Crippen LogP contribution in [-0.2, 0) is 0 Å². The molecule has 2 N–H and O–H groups in total. The normalized spacial score (nSPS) is 17.6. The molecule has 0 radical (unpaired) electrons. The van der Waals surface area contributed by atoms with E-state index in [0.29, 0.717) is 5.92 Å². The molecule has 0 atom stereocenters. The number of nitrogens with zero attached hydrogens (tertiary/aromatic N) is 1. The first-order valence-electron chi connectivity index (χ1n) is 4.91. The van der Waals surface area contributed by atoms with Gasteiger partial charge in [-0.3, -0.25) is 4.99 Å². The molecule has 0 bridgehead atoms. The molecule has 0 unspecified atom stereocenters. The van der Waals surface area contributed by atoms with E-state index in [1.54, 1.807) is 6.20 Å². The monoisotopic (exact) mass is 186 g/mol. The molecular formula is C12H14N2. The smallest absolute Gasteiger partial charge is 0.0629 e. The standard InChI is InChI=1S/C12H14N2/c13-8-11(10-6-7-10)9-14-12-4-2-1-3-5-12/h1-5,8-10H,6-7,13H2. The predicted octanol–water partition coefficient (Wildman–Crippen LogP) is 2.64. The zero-order chi connectivity index (χ0) is 9.80. The first-order valence-corrected chi connectivity index (χ1v) is 4.91. The first kappa shape index (κ1) is 9.00. The Morgan fingerprint density at radius 1 is 1.29 bits per heavy atom. The minimum atomic E-state index is 0.660. The van der Waals surface area contributed by atoms with E-state index in [2.05, 4.69) is 4.99 Å². The summed E-state index contributed by atoms with van der Waals surface area (Å²) in [5.74, 6) is 0.660. The Balaban J connectivity index is 2.06. The summed E-state index contributed by atoms with van der Waals surface area (Å²) in [5.41, 5.74) is 7.66. The molecule has 0 aliphatic heterocycles. The van der Waals surface area contributed by atoms with Crippen molar-refractivity contribution in [2.75, 3.05) is 0 Å². The van der Waals surface area contributed by atoms with Crippen molar-refractivity contribution in [1.82, 2.24) is 0 Å². The van der Waals surface area contributed by atoms with Gasteiger partial charge in [-0.25, -0.2) is 0 Å². The van der Waals surface area contributed by atoms with Gasteiger partial charge in [0, 0.05) is 6.21 Å². The highest BCUT2D eigenvalue weighted by molar-refractivity contribution is 5.82. The van der Waals surface area contributed by atoms with Crippen molar-refractivity contribution in [1.29, 1.82) is 0 Å². The van der Waals surface area contributed by atoms with E-state index in [-0.39, 0.29) is 0 Å². The van der Waals surface area contributed by atoms with Gasteiger partial charge in [0.05, 0.1) is 5.69 Å². The summed E-state index contributed by atoms with van der Waals surface area (Å²) in [4.78, 5) is 4.37. The molecule has 1 aromatic carbocycles. The molecule has 72 valence electrons. The number of para-hydroxylation sites is 1. The number of rotatable bonds is 3. The van der Waals surface area contributed by atoms with Crippen molar-refractivity contribution in [2.45, 2.75) is 12.8 Å². The van der Waals surface area contributed by atoms with Crippen molar-refractivity contribution in [3.05, 3.63) is 42.1 Å². The zero-order valence-electron chi connectivity index (χ0n) is 8.06. The van der Waals surface area contributed by atoms with Gasteiger partial charge in [0.2, 0.25) is 0 Å². The lowest BCUT2D eigenvalue weighted by atomic mass is 10.2. The van der Waals surface area contributed by atoms with Crippen molar-refractivity contribution in [3.63, 3.8) is 0 Å². The van der Waals surface area contributed by atoms with E-state index in [0.717, 1.165) is 11.3 Å². The predicted molar refractivity (Wildman–Crippen MR) is 59.6 cm³/mol. The summed E-state index contributed by atoms with van der Waals surface area (Å²) < 4.78 is 0. The van der Waals surface area contributed by atoms with Crippen LogP contribution in [0.1, 0.15) is 12.8 Å². The van der Waals surface area contributed by atoms with E-state index >= 15 is 0 Å². The van der Waals surface area contributed by atoms with Crippen molar-refractivity contribution < 1.29 is 0 Å².